The number of rotatable bonds is 7. The topological polar surface area (TPSA) is 40.6 Å². The molecule has 1 fully saturated rings. The SMILES string of the molecule is Cc1ccc([C@H]2SCC(=O)N2CCN(C(=O)CC(C)C)C(C)C)cc1. The number of carbonyl (C=O) groups is 2. The van der Waals surface area contributed by atoms with E-state index >= 15 is 0 Å². The minimum absolute atomic E-state index is 0.0577. The molecule has 138 valence electrons. The van der Waals surface area contributed by atoms with E-state index in [2.05, 4.69) is 45.0 Å². The van der Waals surface area contributed by atoms with E-state index in [0.29, 0.717) is 31.2 Å². The predicted octanol–water partition coefficient (Wildman–Crippen LogP) is 3.85. The highest BCUT2D eigenvalue weighted by Gasteiger charge is 2.33. The van der Waals surface area contributed by atoms with Gasteiger partial charge in [0.15, 0.2) is 0 Å². The summed E-state index contributed by atoms with van der Waals surface area (Å²) in [7, 11) is 0. The Bertz CT molecular complexity index is 598. The van der Waals surface area contributed by atoms with E-state index in [1.54, 1.807) is 11.8 Å². The second-order valence-corrected chi connectivity index (χ2v) is 8.51. The van der Waals surface area contributed by atoms with Crippen LogP contribution in [-0.4, -0.2) is 46.5 Å². The van der Waals surface area contributed by atoms with Gasteiger partial charge in [-0.1, -0.05) is 43.7 Å². The minimum Gasteiger partial charge on any atom is -0.338 e. The van der Waals surface area contributed by atoms with Crippen LogP contribution in [0.2, 0.25) is 0 Å². The van der Waals surface area contributed by atoms with Crippen molar-refractivity contribution in [1.82, 2.24) is 9.80 Å². The highest BCUT2D eigenvalue weighted by Crippen LogP contribution is 2.38. The Morgan fingerprint density at radius 2 is 1.88 bits per heavy atom. The summed E-state index contributed by atoms with van der Waals surface area (Å²) >= 11 is 1.67. The molecule has 25 heavy (non-hydrogen) atoms. The average Bonchev–Trinajstić information content (AvgIpc) is 2.88. The number of carbonyl (C=O) groups excluding carboxylic acids is 2. The maximum Gasteiger partial charge on any atom is 0.233 e. The van der Waals surface area contributed by atoms with E-state index in [4.69, 9.17) is 0 Å². The monoisotopic (exact) mass is 362 g/mol. The first-order chi connectivity index (χ1) is 11.8. The lowest BCUT2D eigenvalue weighted by Crippen LogP contribution is -2.43. The van der Waals surface area contributed by atoms with Crippen molar-refractivity contribution in [3.05, 3.63) is 35.4 Å². The molecule has 0 spiro atoms. The maximum absolute atomic E-state index is 12.5. The lowest BCUT2D eigenvalue weighted by molar-refractivity contribution is -0.136. The van der Waals surface area contributed by atoms with Gasteiger partial charge in [0.25, 0.3) is 0 Å². The quantitative estimate of drug-likeness (QED) is 0.740. The summed E-state index contributed by atoms with van der Waals surface area (Å²) in [5.74, 6) is 1.20. The van der Waals surface area contributed by atoms with Crippen LogP contribution in [0, 0.1) is 12.8 Å². The van der Waals surface area contributed by atoms with Crippen molar-refractivity contribution in [2.45, 2.75) is 52.5 Å². The zero-order valence-corrected chi connectivity index (χ0v) is 16.8. The fraction of sp³-hybridized carbons (Fsp3) is 0.600. The summed E-state index contributed by atoms with van der Waals surface area (Å²) in [4.78, 5) is 28.7. The van der Waals surface area contributed by atoms with E-state index in [1.807, 2.05) is 23.6 Å². The molecule has 1 aliphatic heterocycles. The lowest BCUT2D eigenvalue weighted by atomic mass is 10.1. The molecular weight excluding hydrogens is 332 g/mol. The second-order valence-electron chi connectivity index (χ2n) is 7.44. The molecule has 0 aromatic heterocycles. The van der Waals surface area contributed by atoms with Crippen LogP contribution < -0.4 is 0 Å². The van der Waals surface area contributed by atoms with Gasteiger partial charge in [0, 0.05) is 25.6 Å². The van der Waals surface area contributed by atoms with Crippen molar-refractivity contribution in [1.29, 1.82) is 0 Å². The van der Waals surface area contributed by atoms with Crippen LogP contribution in [-0.2, 0) is 9.59 Å². The normalized spacial score (nSPS) is 17.6. The zero-order valence-electron chi connectivity index (χ0n) is 16.0. The van der Waals surface area contributed by atoms with Crippen molar-refractivity contribution < 1.29 is 9.59 Å². The molecule has 2 rings (SSSR count). The summed E-state index contributed by atoms with van der Waals surface area (Å²) in [5, 5.41) is 0.0577. The van der Waals surface area contributed by atoms with Crippen molar-refractivity contribution in [2.75, 3.05) is 18.8 Å². The lowest BCUT2D eigenvalue weighted by Gasteiger charge is -2.31. The summed E-state index contributed by atoms with van der Waals surface area (Å²) in [6.07, 6.45) is 0.558. The Balaban J connectivity index is 2.06. The van der Waals surface area contributed by atoms with Crippen LogP contribution in [0.25, 0.3) is 0 Å². The minimum atomic E-state index is 0.0577. The van der Waals surface area contributed by atoms with Gasteiger partial charge >= 0.3 is 0 Å². The largest absolute Gasteiger partial charge is 0.338 e. The Labute approximate surface area is 156 Å². The molecule has 0 aliphatic carbocycles. The van der Waals surface area contributed by atoms with Crippen molar-refractivity contribution in [2.24, 2.45) is 5.92 Å². The molecule has 1 aliphatic rings. The Morgan fingerprint density at radius 3 is 2.44 bits per heavy atom. The molecular formula is C20H30N2O2S. The highest BCUT2D eigenvalue weighted by molar-refractivity contribution is 8.00. The van der Waals surface area contributed by atoms with Crippen LogP contribution in [0.1, 0.15) is 50.6 Å². The summed E-state index contributed by atoms with van der Waals surface area (Å²) < 4.78 is 0. The molecule has 0 radical (unpaired) electrons. The average molecular weight is 363 g/mol. The maximum atomic E-state index is 12.5. The molecule has 0 unspecified atom stereocenters. The molecule has 5 heteroatoms. The smallest absolute Gasteiger partial charge is 0.233 e. The molecule has 4 nitrogen and oxygen atoms in total. The third-order valence-corrected chi connectivity index (χ3v) is 5.69. The molecule has 2 amide bonds. The van der Waals surface area contributed by atoms with Gasteiger partial charge in [-0.25, -0.2) is 0 Å². The number of aryl methyl sites for hydroxylation is 1. The van der Waals surface area contributed by atoms with E-state index in [0.717, 1.165) is 5.56 Å². The van der Waals surface area contributed by atoms with Gasteiger partial charge in [-0.05, 0) is 32.3 Å². The number of nitrogens with zero attached hydrogens (tertiary/aromatic N) is 2. The first-order valence-electron chi connectivity index (χ1n) is 9.06. The van der Waals surface area contributed by atoms with Crippen molar-refractivity contribution in [3.8, 4) is 0 Å². The molecule has 0 bridgehead atoms. The van der Waals surface area contributed by atoms with E-state index in [-0.39, 0.29) is 23.2 Å². The number of amides is 2. The molecule has 0 saturated carbocycles. The van der Waals surface area contributed by atoms with Crippen LogP contribution in [0.3, 0.4) is 0 Å². The van der Waals surface area contributed by atoms with Gasteiger partial charge in [0.2, 0.25) is 11.8 Å². The summed E-state index contributed by atoms with van der Waals surface area (Å²) in [6, 6.07) is 8.52. The van der Waals surface area contributed by atoms with Crippen LogP contribution in [0.4, 0.5) is 0 Å². The number of hydrogen-bond acceptors (Lipinski definition) is 3. The van der Waals surface area contributed by atoms with Crippen LogP contribution in [0.5, 0.6) is 0 Å². The van der Waals surface area contributed by atoms with Gasteiger partial charge in [0.1, 0.15) is 5.37 Å². The molecule has 1 saturated heterocycles. The number of hydrogen-bond donors (Lipinski definition) is 0. The fourth-order valence-corrected chi connectivity index (χ4v) is 4.27. The molecule has 0 N–H and O–H groups in total. The molecule has 1 heterocycles. The Morgan fingerprint density at radius 1 is 1.24 bits per heavy atom. The van der Waals surface area contributed by atoms with Crippen molar-refractivity contribution in [3.63, 3.8) is 0 Å². The summed E-state index contributed by atoms with van der Waals surface area (Å²) in [6.45, 7) is 11.4. The van der Waals surface area contributed by atoms with Gasteiger partial charge in [0.05, 0.1) is 5.75 Å². The van der Waals surface area contributed by atoms with Gasteiger partial charge in [-0.3, -0.25) is 9.59 Å². The first-order valence-corrected chi connectivity index (χ1v) is 10.1. The van der Waals surface area contributed by atoms with Crippen molar-refractivity contribution >= 4 is 23.6 Å². The third kappa shape index (κ3) is 5.24. The first kappa shape index (κ1) is 19.8. The van der Waals surface area contributed by atoms with E-state index in [9.17, 15) is 9.59 Å². The Hall–Kier alpha value is -1.49. The Kier molecular flexibility index (Phi) is 6.94. The predicted molar refractivity (Wildman–Crippen MR) is 104 cm³/mol. The second kappa shape index (κ2) is 8.75. The fourth-order valence-electron chi connectivity index (χ4n) is 3.06. The van der Waals surface area contributed by atoms with Gasteiger partial charge in [-0.2, -0.15) is 0 Å². The van der Waals surface area contributed by atoms with Crippen LogP contribution >= 0.6 is 11.8 Å². The van der Waals surface area contributed by atoms with Crippen LogP contribution in [0.15, 0.2) is 24.3 Å². The van der Waals surface area contributed by atoms with E-state index < -0.39 is 0 Å². The number of thioether (sulfide) groups is 1. The molecule has 1 aromatic carbocycles. The zero-order chi connectivity index (χ0) is 18.6. The third-order valence-electron chi connectivity index (χ3n) is 4.44. The summed E-state index contributed by atoms with van der Waals surface area (Å²) in [5.41, 5.74) is 2.38. The van der Waals surface area contributed by atoms with Gasteiger partial charge < -0.3 is 9.80 Å². The number of benzene rings is 1. The molecule has 1 aromatic rings. The molecule has 1 atom stereocenters. The highest BCUT2D eigenvalue weighted by atomic mass is 32.2. The van der Waals surface area contributed by atoms with Gasteiger partial charge in [-0.15, -0.1) is 11.8 Å². The standard InChI is InChI=1S/C20H30N2O2S/c1-14(2)12-18(23)21(15(3)4)10-11-22-19(24)13-25-20(22)17-8-6-16(5)7-9-17/h6-9,14-15,20H,10-13H2,1-5H3/t20-/m1/s1. The van der Waals surface area contributed by atoms with E-state index in [1.165, 1.54) is 5.56 Å².